The Morgan fingerprint density at radius 3 is 2.50 bits per heavy atom. The molecule has 4 rings (SSSR count). The number of rotatable bonds is 4. The van der Waals surface area contributed by atoms with Crippen molar-refractivity contribution in [3.8, 4) is 0 Å². The van der Waals surface area contributed by atoms with Gasteiger partial charge < -0.3 is 14.7 Å². The van der Waals surface area contributed by atoms with E-state index in [1.165, 1.54) is 19.3 Å². The zero-order chi connectivity index (χ0) is 18.1. The molecule has 6 nitrogen and oxygen atoms in total. The average molecular weight is 359 g/mol. The molecule has 1 N–H and O–H groups in total. The highest BCUT2D eigenvalue weighted by Gasteiger charge is 2.36. The molecule has 0 radical (unpaired) electrons. The molecule has 0 atom stereocenters. The van der Waals surface area contributed by atoms with E-state index in [-0.39, 0.29) is 17.4 Å². The summed E-state index contributed by atoms with van der Waals surface area (Å²) in [5.74, 6) is 1.65. The predicted octanol–water partition coefficient (Wildman–Crippen LogP) is 3.24. The Labute approximate surface area is 154 Å². The van der Waals surface area contributed by atoms with E-state index in [1.54, 1.807) is 6.07 Å². The second-order valence-corrected chi connectivity index (χ2v) is 8.56. The van der Waals surface area contributed by atoms with Gasteiger partial charge in [0.15, 0.2) is 5.69 Å². The van der Waals surface area contributed by atoms with Crippen LogP contribution in [0.3, 0.4) is 0 Å². The van der Waals surface area contributed by atoms with E-state index in [0.717, 1.165) is 57.4 Å². The number of hydrogen-bond donors (Lipinski definition) is 1. The number of nitrogens with zero attached hydrogens (tertiary/aromatic N) is 2. The van der Waals surface area contributed by atoms with Crippen LogP contribution in [0.5, 0.6) is 0 Å². The van der Waals surface area contributed by atoms with E-state index in [9.17, 15) is 9.59 Å². The van der Waals surface area contributed by atoms with Crippen LogP contribution in [0.2, 0.25) is 0 Å². The molecule has 2 amide bonds. The van der Waals surface area contributed by atoms with Gasteiger partial charge in [-0.2, -0.15) is 0 Å². The third-order valence-corrected chi connectivity index (χ3v) is 6.29. The Morgan fingerprint density at radius 1 is 1.15 bits per heavy atom. The minimum absolute atomic E-state index is 0.171. The first-order valence-electron chi connectivity index (χ1n) is 10.1. The van der Waals surface area contributed by atoms with Gasteiger partial charge in [0.05, 0.1) is 0 Å². The number of hydrogen-bond acceptors (Lipinski definition) is 4. The third kappa shape index (κ3) is 3.79. The summed E-state index contributed by atoms with van der Waals surface area (Å²) in [7, 11) is 0. The summed E-state index contributed by atoms with van der Waals surface area (Å²) in [4.78, 5) is 27.2. The standard InChI is InChI=1S/C20H29N3O3/c1-20(21-18(24)16-13-17(26-22-16)14-7-8-14)9-11-23(12-10-20)19(25)15-5-3-2-4-6-15/h13-15H,2-12H2,1H3,(H,21,24). The SMILES string of the molecule is CC1(NC(=O)c2cc(C3CC3)on2)CCN(C(=O)C2CCCCC2)CC1. The Morgan fingerprint density at radius 2 is 1.85 bits per heavy atom. The maximum absolute atomic E-state index is 12.7. The van der Waals surface area contributed by atoms with Gasteiger partial charge in [-0.3, -0.25) is 9.59 Å². The first-order chi connectivity index (χ1) is 12.5. The molecule has 26 heavy (non-hydrogen) atoms. The van der Waals surface area contributed by atoms with E-state index in [2.05, 4.69) is 17.4 Å². The molecule has 6 heteroatoms. The molecule has 0 spiro atoms. The summed E-state index contributed by atoms with van der Waals surface area (Å²) in [6.07, 6.45) is 9.51. The van der Waals surface area contributed by atoms with Crippen molar-refractivity contribution in [3.05, 3.63) is 17.5 Å². The zero-order valence-corrected chi connectivity index (χ0v) is 15.6. The van der Waals surface area contributed by atoms with Crippen LogP contribution < -0.4 is 5.32 Å². The molecule has 3 fully saturated rings. The van der Waals surface area contributed by atoms with Crippen LogP contribution in [-0.4, -0.2) is 40.5 Å². The number of piperidine rings is 1. The van der Waals surface area contributed by atoms with E-state index < -0.39 is 0 Å². The van der Waals surface area contributed by atoms with Gasteiger partial charge in [-0.05, 0) is 45.4 Å². The van der Waals surface area contributed by atoms with Gasteiger partial charge in [-0.1, -0.05) is 24.4 Å². The van der Waals surface area contributed by atoms with E-state index in [1.807, 2.05) is 4.90 Å². The number of aromatic nitrogens is 1. The molecule has 0 bridgehead atoms. The summed E-state index contributed by atoms with van der Waals surface area (Å²) < 4.78 is 5.28. The number of nitrogens with one attached hydrogen (secondary N) is 1. The number of carbonyl (C=O) groups is 2. The highest BCUT2D eigenvalue weighted by Crippen LogP contribution is 2.40. The van der Waals surface area contributed by atoms with E-state index in [4.69, 9.17) is 4.52 Å². The molecule has 2 saturated carbocycles. The van der Waals surface area contributed by atoms with Crippen molar-refractivity contribution >= 4 is 11.8 Å². The lowest BCUT2D eigenvalue weighted by Crippen LogP contribution is -2.55. The fraction of sp³-hybridized carbons (Fsp3) is 0.750. The lowest BCUT2D eigenvalue weighted by molar-refractivity contribution is -0.138. The van der Waals surface area contributed by atoms with E-state index in [0.29, 0.717) is 17.5 Å². The summed E-state index contributed by atoms with van der Waals surface area (Å²) >= 11 is 0. The molecular weight excluding hydrogens is 330 g/mol. The number of likely N-dealkylation sites (tertiary alicyclic amines) is 1. The number of amides is 2. The fourth-order valence-electron chi connectivity index (χ4n) is 4.25. The van der Waals surface area contributed by atoms with Gasteiger partial charge in [0.25, 0.3) is 5.91 Å². The van der Waals surface area contributed by atoms with Crippen LogP contribution in [0, 0.1) is 5.92 Å². The number of carbonyl (C=O) groups excluding carboxylic acids is 2. The molecule has 1 saturated heterocycles. The first-order valence-corrected chi connectivity index (χ1v) is 10.1. The normalized spacial score (nSPS) is 23.7. The van der Waals surface area contributed by atoms with Crippen LogP contribution in [0.25, 0.3) is 0 Å². The second kappa shape index (κ2) is 7.05. The second-order valence-electron chi connectivity index (χ2n) is 8.56. The molecular formula is C20H29N3O3. The fourth-order valence-corrected chi connectivity index (χ4v) is 4.25. The Hall–Kier alpha value is -1.85. The van der Waals surface area contributed by atoms with Crippen LogP contribution in [0.1, 0.15) is 86.9 Å². The van der Waals surface area contributed by atoms with Gasteiger partial charge in [0, 0.05) is 36.5 Å². The smallest absolute Gasteiger partial charge is 0.273 e. The maximum Gasteiger partial charge on any atom is 0.273 e. The van der Waals surface area contributed by atoms with E-state index >= 15 is 0 Å². The van der Waals surface area contributed by atoms with Crippen molar-refractivity contribution in [3.63, 3.8) is 0 Å². The van der Waals surface area contributed by atoms with Gasteiger partial charge in [-0.15, -0.1) is 0 Å². The topological polar surface area (TPSA) is 75.4 Å². The molecule has 3 aliphatic rings. The highest BCUT2D eigenvalue weighted by atomic mass is 16.5. The van der Waals surface area contributed by atoms with Crippen molar-refractivity contribution in [2.75, 3.05) is 13.1 Å². The molecule has 1 aromatic rings. The monoisotopic (exact) mass is 359 g/mol. The summed E-state index contributed by atoms with van der Waals surface area (Å²) in [6, 6.07) is 1.78. The van der Waals surface area contributed by atoms with Gasteiger partial charge in [0.1, 0.15) is 5.76 Å². The first kappa shape index (κ1) is 17.6. The molecule has 0 aromatic carbocycles. The summed E-state index contributed by atoms with van der Waals surface area (Å²) in [5.41, 5.74) is 0.0768. The van der Waals surface area contributed by atoms with Crippen LogP contribution >= 0.6 is 0 Å². The summed E-state index contributed by atoms with van der Waals surface area (Å²) in [5, 5.41) is 7.05. The van der Waals surface area contributed by atoms with Crippen molar-refractivity contribution in [2.45, 2.75) is 76.2 Å². The zero-order valence-electron chi connectivity index (χ0n) is 15.6. The Balaban J connectivity index is 1.30. The minimum Gasteiger partial charge on any atom is -0.360 e. The van der Waals surface area contributed by atoms with Crippen LogP contribution in [0.15, 0.2) is 10.6 Å². The predicted molar refractivity (Wildman–Crippen MR) is 96.7 cm³/mol. The molecule has 142 valence electrons. The quantitative estimate of drug-likeness (QED) is 0.895. The van der Waals surface area contributed by atoms with Gasteiger partial charge in [0.2, 0.25) is 5.91 Å². The minimum atomic E-state index is -0.293. The largest absolute Gasteiger partial charge is 0.360 e. The molecule has 1 aromatic heterocycles. The average Bonchev–Trinajstić information content (AvgIpc) is 3.39. The molecule has 2 aliphatic carbocycles. The highest BCUT2D eigenvalue weighted by molar-refractivity contribution is 5.92. The van der Waals surface area contributed by atoms with Crippen molar-refractivity contribution in [1.29, 1.82) is 0 Å². The summed E-state index contributed by atoms with van der Waals surface area (Å²) in [6.45, 7) is 3.51. The van der Waals surface area contributed by atoms with Crippen molar-refractivity contribution in [2.24, 2.45) is 5.92 Å². The van der Waals surface area contributed by atoms with Crippen LogP contribution in [0.4, 0.5) is 0 Å². The Kier molecular flexibility index (Phi) is 4.76. The molecule has 2 heterocycles. The van der Waals surface area contributed by atoms with Crippen molar-refractivity contribution < 1.29 is 14.1 Å². The van der Waals surface area contributed by atoms with Gasteiger partial charge in [-0.25, -0.2) is 0 Å². The molecule has 1 aliphatic heterocycles. The van der Waals surface area contributed by atoms with Gasteiger partial charge >= 0.3 is 0 Å². The molecule has 0 unspecified atom stereocenters. The lowest BCUT2D eigenvalue weighted by Gasteiger charge is -2.41. The third-order valence-electron chi connectivity index (χ3n) is 6.29. The van der Waals surface area contributed by atoms with Crippen LogP contribution in [-0.2, 0) is 4.79 Å². The maximum atomic E-state index is 12.7. The lowest BCUT2D eigenvalue weighted by atomic mass is 9.85. The Bertz CT molecular complexity index is 666. The van der Waals surface area contributed by atoms with Crippen molar-refractivity contribution in [1.82, 2.24) is 15.4 Å².